The molecule has 0 amide bonds. The molecule has 0 aliphatic heterocycles. The van der Waals surface area contributed by atoms with Gasteiger partial charge in [0.15, 0.2) is 5.84 Å². The lowest BCUT2D eigenvalue weighted by Gasteiger charge is -2.08. The first kappa shape index (κ1) is 12.2. The second kappa shape index (κ2) is 5.87. The topological polar surface area (TPSA) is 64.4 Å². The normalized spacial score (nSPS) is 11.4. The van der Waals surface area contributed by atoms with Gasteiger partial charge in [0.25, 0.3) is 0 Å². The van der Waals surface area contributed by atoms with Crippen LogP contribution in [0.25, 0.3) is 0 Å². The van der Waals surface area contributed by atoms with Crippen molar-refractivity contribution in [1.29, 1.82) is 0 Å². The predicted octanol–water partition coefficient (Wildman–Crippen LogP) is 2.05. The Labute approximate surface area is 107 Å². The number of aryl methyl sites for hydroxylation is 2. The molecule has 0 aromatic heterocycles. The highest BCUT2D eigenvalue weighted by Crippen LogP contribution is 2.12. The van der Waals surface area contributed by atoms with Crippen molar-refractivity contribution < 1.29 is 0 Å². The van der Waals surface area contributed by atoms with Crippen LogP contribution in [0.1, 0.15) is 16.7 Å². The van der Waals surface area contributed by atoms with Crippen molar-refractivity contribution in [2.75, 3.05) is 0 Å². The molecule has 0 aliphatic carbocycles. The molecule has 2 aromatic carbocycles. The molecule has 0 bridgehead atoms. The van der Waals surface area contributed by atoms with Crippen LogP contribution in [0.3, 0.4) is 0 Å². The van der Waals surface area contributed by atoms with Gasteiger partial charge in [-0.05, 0) is 24.0 Å². The van der Waals surface area contributed by atoms with Crippen molar-refractivity contribution in [2.45, 2.75) is 12.8 Å². The van der Waals surface area contributed by atoms with E-state index in [1.165, 1.54) is 11.1 Å². The van der Waals surface area contributed by atoms with E-state index in [4.69, 9.17) is 11.6 Å². The standard InChI is InChI=1S/C15H17N3/c16-15(18-17)14-9-5-4-8-13(14)11-10-12-6-2-1-3-7-12/h1-9H,10-11,17H2,(H2,16,18). The minimum Gasteiger partial charge on any atom is -0.382 e. The van der Waals surface area contributed by atoms with Gasteiger partial charge in [0, 0.05) is 5.56 Å². The Hall–Kier alpha value is -2.29. The van der Waals surface area contributed by atoms with E-state index < -0.39 is 0 Å². The van der Waals surface area contributed by atoms with Crippen molar-refractivity contribution in [1.82, 2.24) is 0 Å². The van der Waals surface area contributed by atoms with Gasteiger partial charge in [0.05, 0.1) is 0 Å². The van der Waals surface area contributed by atoms with Crippen LogP contribution in [0.15, 0.2) is 59.7 Å². The highest BCUT2D eigenvalue weighted by Gasteiger charge is 2.05. The van der Waals surface area contributed by atoms with Crippen LogP contribution in [0.2, 0.25) is 0 Å². The van der Waals surface area contributed by atoms with Crippen molar-refractivity contribution in [3.8, 4) is 0 Å². The monoisotopic (exact) mass is 239 g/mol. The van der Waals surface area contributed by atoms with E-state index in [9.17, 15) is 0 Å². The molecule has 0 saturated heterocycles. The third-order valence-electron chi connectivity index (χ3n) is 2.96. The van der Waals surface area contributed by atoms with Crippen LogP contribution in [-0.4, -0.2) is 5.84 Å². The highest BCUT2D eigenvalue weighted by molar-refractivity contribution is 5.98. The fourth-order valence-corrected chi connectivity index (χ4v) is 1.98. The number of amidine groups is 1. The smallest absolute Gasteiger partial charge is 0.150 e. The molecular formula is C15H17N3. The van der Waals surface area contributed by atoms with Gasteiger partial charge >= 0.3 is 0 Å². The molecule has 0 fully saturated rings. The number of rotatable bonds is 4. The molecule has 0 unspecified atom stereocenters. The largest absolute Gasteiger partial charge is 0.382 e. The molecule has 18 heavy (non-hydrogen) atoms. The van der Waals surface area contributed by atoms with Gasteiger partial charge in [-0.1, -0.05) is 54.6 Å². The first-order valence-electron chi connectivity index (χ1n) is 5.97. The lowest BCUT2D eigenvalue weighted by molar-refractivity contribution is 0.956. The SMILES string of the molecule is N/N=C(\N)c1ccccc1CCc1ccccc1. The summed E-state index contributed by atoms with van der Waals surface area (Å²) in [7, 11) is 0. The lowest BCUT2D eigenvalue weighted by atomic mass is 9.99. The summed E-state index contributed by atoms with van der Waals surface area (Å²) in [5.41, 5.74) is 9.21. The predicted molar refractivity (Wildman–Crippen MR) is 75.2 cm³/mol. The molecule has 2 aromatic rings. The maximum atomic E-state index is 5.79. The van der Waals surface area contributed by atoms with Crippen LogP contribution in [0.5, 0.6) is 0 Å². The Morgan fingerprint density at radius 3 is 2.28 bits per heavy atom. The van der Waals surface area contributed by atoms with Crippen molar-refractivity contribution in [3.63, 3.8) is 0 Å². The van der Waals surface area contributed by atoms with Gasteiger partial charge in [-0.2, -0.15) is 5.10 Å². The first-order chi connectivity index (χ1) is 8.81. The molecule has 0 radical (unpaired) electrons. The molecule has 3 nitrogen and oxygen atoms in total. The summed E-state index contributed by atoms with van der Waals surface area (Å²) >= 11 is 0. The number of hydrazone groups is 1. The average Bonchev–Trinajstić information content (AvgIpc) is 2.45. The third-order valence-corrected chi connectivity index (χ3v) is 2.96. The van der Waals surface area contributed by atoms with Crippen LogP contribution in [0, 0.1) is 0 Å². The molecule has 3 heteroatoms. The fourth-order valence-electron chi connectivity index (χ4n) is 1.98. The summed E-state index contributed by atoms with van der Waals surface area (Å²) in [6.07, 6.45) is 1.91. The summed E-state index contributed by atoms with van der Waals surface area (Å²) in [6.45, 7) is 0. The van der Waals surface area contributed by atoms with E-state index in [0.717, 1.165) is 18.4 Å². The van der Waals surface area contributed by atoms with Gasteiger partial charge in [-0.25, -0.2) is 0 Å². The Morgan fingerprint density at radius 1 is 0.889 bits per heavy atom. The van der Waals surface area contributed by atoms with E-state index in [0.29, 0.717) is 5.84 Å². The molecule has 0 saturated carbocycles. The maximum Gasteiger partial charge on any atom is 0.150 e. The zero-order valence-corrected chi connectivity index (χ0v) is 10.2. The minimum atomic E-state index is 0.388. The quantitative estimate of drug-likeness (QED) is 0.371. The minimum absolute atomic E-state index is 0.388. The second-order valence-electron chi connectivity index (χ2n) is 4.16. The third kappa shape index (κ3) is 2.88. The van der Waals surface area contributed by atoms with Crippen molar-refractivity contribution in [3.05, 3.63) is 71.3 Å². The van der Waals surface area contributed by atoms with Crippen molar-refractivity contribution in [2.24, 2.45) is 16.7 Å². The lowest BCUT2D eigenvalue weighted by Crippen LogP contribution is -2.17. The van der Waals surface area contributed by atoms with E-state index in [1.54, 1.807) is 0 Å². The first-order valence-corrected chi connectivity index (χ1v) is 5.97. The van der Waals surface area contributed by atoms with Gasteiger partial charge < -0.3 is 11.6 Å². The molecule has 0 heterocycles. The number of hydrogen-bond donors (Lipinski definition) is 2. The molecule has 0 spiro atoms. The van der Waals surface area contributed by atoms with E-state index in [-0.39, 0.29) is 0 Å². The van der Waals surface area contributed by atoms with Crippen LogP contribution < -0.4 is 11.6 Å². The second-order valence-corrected chi connectivity index (χ2v) is 4.16. The van der Waals surface area contributed by atoms with Gasteiger partial charge in [-0.15, -0.1) is 0 Å². The molecule has 92 valence electrons. The summed E-state index contributed by atoms with van der Waals surface area (Å²) in [5, 5.41) is 3.57. The molecule has 0 aliphatic rings. The zero-order chi connectivity index (χ0) is 12.8. The molecule has 0 atom stereocenters. The molecule has 4 N–H and O–H groups in total. The van der Waals surface area contributed by atoms with E-state index in [1.807, 2.05) is 24.3 Å². The number of benzene rings is 2. The number of nitrogens with two attached hydrogens (primary N) is 2. The van der Waals surface area contributed by atoms with E-state index in [2.05, 4.69) is 35.4 Å². The Morgan fingerprint density at radius 2 is 1.56 bits per heavy atom. The maximum absolute atomic E-state index is 5.79. The highest BCUT2D eigenvalue weighted by atomic mass is 15.2. The van der Waals surface area contributed by atoms with Crippen LogP contribution in [0.4, 0.5) is 0 Å². The van der Waals surface area contributed by atoms with Gasteiger partial charge in [0.1, 0.15) is 0 Å². The van der Waals surface area contributed by atoms with Gasteiger partial charge in [-0.3, -0.25) is 0 Å². The molecular weight excluding hydrogens is 222 g/mol. The van der Waals surface area contributed by atoms with E-state index >= 15 is 0 Å². The van der Waals surface area contributed by atoms with Crippen molar-refractivity contribution >= 4 is 5.84 Å². The number of hydrogen-bond acceptors (Lipinski definition) is 2. The Kier molecular flexibility index (Phi) is 3.97. The fraction of sp³-hybridized carbons (Fsp3) is 0.133. The number of nitrogens with zero attached hydrogens (tertiary/aromatic N) is 1. The summed E-state index contributed by atoms with van der Waals surface area (Å²) in [6, 6.07) is 18.4. The zero-order valence-electron chi connectivity index (χ0n) is 10.2. The Bertz CT molecular complexity index is 532. The summed E-state index contributed by atoms with van der Waals surface area (Å²) < 4.78 is 0. The Balaban J connectivity index is 2.15. The summed E-state index contributed by atoms with van der Waals surface area (Å²) in [5.74, 6) is 5.63. The summed E-state index contributed by atoms with van der Waals surface area (Å²) in [4.78, 5) is 0. The molecule has 2 rings (SSSR count). The van der Waals surface area contributed by atoms with Gasteiger partial charge in [0.2, 0.25) is 0 Å². The van der Waals surface area contributed by atoms with Crippen LogP contribution >= 0.6 is 0 Å². The van der Waals surface area contributed by atoms with Crippen LogP contribution in [-0.2, 0) is 12.8 Å². The average molecular weight is 239 g/mol.